The van der Waals surface area contributed by atoms with E-state index in [1.54, 1.807) is 48.5 Å². The number of phenols is 4. The fourth-order valence-corrected chi connectivity index (χ4v) is 4.66. The number of aromatic hydroxyl groups is 4. The van der Waals surface area contributed by atoms with Crippen LogP contribution in [0.4, 0.5) is 0 Å². The van der Waals surface area contributed by atoms with E-state index < -0.39 is 0 Å². The van der Waals surface area contributed by atoms with Crippen LogP contribution < -0.4 is 0 Å². The highest BCUT2D eigenvalue weighted by atomic mass is 16.3. The summed E-state index contributed by atoms with van der Waals surface area (Å²) in [5.41, 5.74) is 4.44. The van der Waals surface area contributed by atoms with E-state index >= 15 is 0 Å². The second-order valence-electron chi connectivity index (χ2n) is 9.32. The molecule has 0 aliphatic heterocycles. The van der Waals surface area contributed by atoms with Crippen molar-refractivity contribution in [1.82, 2.24) is 0 Å². The second-order valence-corrected chi connectivity index (χ2v) is 9.32. The maximum absolute atomic E-state index is 9.84. The smallest absolute Gasteiger partial charge is 0.118 e. The molecular weight excluding hydrogens is 448 g/mol. The molecule has 0 unspecified atom stereocenters. The summed E-state index contributed by atoms with van der Waals surface area (Å²) >= 11 is 0. The summed E-state index contributed by atoms with van der Waals surface area (Å²) in [4.78, 5) is 0. The number of aryl methyl sites for hydroxylation is 2. The second kappa shape index (κ2) is 12.7. The van der Waals surface area contributed by atoms with Crippen LogP contribution in [0.2, 0.25) is 0 Å². The number of benzene rings is 4. The minimum absolute atomic E-state index is 0.00910. The monoisotopic (exact) mass is 484 g/mol. The molecule has 0 atom stereocenters. The van der Waals surface area contributed by atoms with Gasteiger partial charge in [-0.05, 0) is 85.3 Å². The van der Waals surface area contributed by atoms with E-state index in [0.717, 1.165) is 24.0 Å². The zero-order valence-electron chi connectivity index (χ0n) is 21.1. The molecule has 0 bridgehead atoms. The number of phenolic OH excluding ortho intramolecular Hbond substituents is 4. The third kappa shape index (κ3) is 7.05. The molecule has 0 amide bonds. The van der Waals surface area contributed by atoms with E-state index in [2.05, 4.69) is 24.3 Å². The van der Waals surface area contributed by atoms with Crippen molar-refractivity contribution in [1.29, 1.82) is 0 Å². The summed E-state index contributed by atoms with van der Waals surface area (Å²) in [7, 11) is 0. The van der Waals surface area contributed by atoms with Crippen LogP contribution in [0, 0.1) is 13.8 Å². The molecule has 0 heterocycles. The van der Waals surface area contributed by atoms with Crippen molar-refractivity contribution < 1.29 is 20.4 Å². The van der Waals surface area contributed by atoms with Crippen molar-refractivity contribution in [3.05, 3.63) is 119 Å². The Hall–Kier alpha value is -3.92. The molecule has 0 saturated heterocycles. The lowest BCUT2D eigenvalue weighted by Gasteiger charge is -2.39. The molecule has 0 aromatic heterocycles. The molecule has 1 aliphatic carbocycles. The van der Waals surface area contributed by atoms with Gasteiger partial charge in [-0.1, -0.05) is 79.9 Å². The van der Waals surface area contributed by atoms with Gasteiger partial charge in [-0.2, -0.15) is 0 Å². The largest absolute Gasteiger partial charge is 0.508 e. The van der Waals surface area contributed by atoms with Crippen molar-refractivity contribution in [2.24, 2.45) is 0 Å². The van der Waals surface area contributed by atoms with Gasteiger partial charge in [-0.3, -0.25) is 0 Å². The first-order valence-electron chi connectivity index (χ1n) is 12.4. The predicted molar refractivity (Wildman–Crippen MR) is 146 cm³/mol. The van der Waals surface area contributed by atoms with E-state index in [-0.39, 0.29) is 5.41 Å². The predicted octanol–water partition coefficient (Wildman–Crippen LogP) is 7.75. The maximum Gasteiger partial charge on any atom is 0.118 e. The van der Waals surface area contributed by atoms with Gasteiger partial charge in [0.25, 0.3) is 0 Å². The van der Waals surface area contributed by atoms with Crippen LogP contribution in [-0.4, -0.2) is 20.4 Å². The molecule has 4 heteroatoms. The Balaban J connectivity index is 0.000000209. The highest BCUT2D eigenvalue weighted by Crippen LogP contribution is 2.46. The lowest BCUT2D eigenvalue weighted by molar-refractivity contribution is 0.344. The molecule has 1 saturated carbocycles. The van der Waals surface area contributed by atoms with E-state index in [1.165, 1.54) is 30.4 Å². The van der Waals surface area contributed by atoms with E-state index in [4.69, 9.17) is 10.2 Å². The Kier molecular flexibility index (Phi) is 9.40. The van der Waals surface area contributed by atoms with Crippen LogP contribution in [0.3, 0.4) is 0 Å². The molecule has 1 fully saturated rings. The SMILES string of the molecule is Cc1cc(C2(c3ccc(O)c(C)c3)CCCCC2)ccc1O.Oc1ccccc1.Oc1ccccc1. The van der Waals surface area contributed by atoms with Crippen LogP contribution >= 0.6 is 0 Å². The van der Waals surface area contributed by atoms with Crippen LogP contribution in [0.5, 0.6) is 23.0 Å². The summed E-state index contributed by atoms with van der Waals surface area (Å²) in [6.07, 6.45) is 5.98. The lowest BCUT2D eigenvalue weighted by Crippen LogP contribution is -2.30. The Bertz CT molecular complexity index is 1120. The molecule has 5 rings (SSSR count). The molecule has 4 aromatic rings. The third-order valence-electron chi connectivity index (χ3n) is 6.72. The molecule has 1 aliphatic rings. The van der Waals surface area contributed by atoms with E-state index in [1.807, 2.05) is 38.1 Å². The quantitative estimate of drug-likeness (QED) is 0.234. The molecule has 4 N–H and O–H groups in total. The topological polar surface area (TPSA) is 80.9 Å². The first-order valence-corrected chi connectivity index (χ1v) is 12.4. The molecule has 0 radical (unpaired) electrons. The lowest BCUT2D eigenvalue weighted by atomic mass is 9.65. The summed E-state index contributed by atoms with van der Waals surface area (Å²) < 4.78 is 0. The van der Waals surface area contributed by atoms with Crippen LogP contribution in [-0.2, 0) is 5.41 Å². The van der Waals surface area contributed by atoms with Gasteiger partial charge in [-0.25, -0.2) is 0 Å². The Morgan fingerprint density at radius 1 is 0.500 bits per heavy atom. The number of rotatable bonds is 2. The van der Waals surface area contributed by atoms with Crippen LogP contribution in [0.1, 0.15) is 54.4 Å². The summed E-state index contributed by atoms with van der Waals surface area (Å²) in [6.45, 7) is 3.91. The number of para-hydroxylation sites is 2. The van der Waals surface area contributed by atoms with E-state index in [9.17, 15) is 10.2 Å². The summed E-state index contributed by atoms with van der Waals surface area (Å²) in [6, 6.07) is 29.4. The van der Waals surface area contributed by atoms with Crippen molar-refractivity contribution in [2.75, 3.05) is 0 Å². The van der Waals surface area contributed by atoms with Crippen LogP contribution in [0.25, 0.3) is 0 Å². The van der Waals surface area contributed by atoms with Crippen LogP contribution in [0.15, 0.2) is 97.1 Å². The van der Waals surface area contributed by atoms with E-state index in [0.29, 0.717) is 23.0 Å². The fourth-order valence-electron chi connectivity index (χ4n) is 4.66. The molecule has 4 aromatic carbocycles. The van der Waals surface area contributed by atoms with Gasteiger partial charge in [0.05, 0.1) is 0 Å². The zero-order valence-corrected chi connectivity index (χ0v) is 21.1. The third-order valence-corrected chi connectivity index (χ3v) is 6.72. The normalized spacial score (nSPS) is 13.9. The van der Waals surface area contributed by atoms with Gasteiger partial charge in [0.15, 0.2) is 0 Å². The first kappa shape index (κ1) is 26.7. The van der Waals surface area contributed by atoms with Crippen molar-refractivity contribution >= 4 is 0 Å². The summed E-state index contributed by atoms with van der Waals surface area (Å²) in [5, 5.41) is 37.0. The molecular formula is C32H36O4. The molecule has 188 valence electrons. The number of hydrogen-bond donors (Lipinski definition) is 4. The molecule has 0 spiro atoms. The average Bonchev–Trinajstić information content (AvgIpc) is 2.89. The maximum atomic E-state index is 9.84. The van der Waals surface area contributed by atoms with Gasteiger partial charge in [0, 0.05) is 5.41 Å². The molecule has 36 heavy (non-hydrogen) atoms. The minimum atomic E-state index is 0.00910. The highest BCUT2D eigenvalue weighted by molar-refractivity contribution is 5.47. The van der Waals surface area contributed by atoms with Gasteiger partial charge in [-0.15, -0.1) is 0 Å². The van der Waals surface area contributed by atoms with Gasteiger partial charge in [0.2, 0.25) is 0 Å². The first-order chi connectivity index (χ1) is 17.3. The Morgan fingerprint density at radius 2 is 0.889 bits per heavy atom. The highest BCUT2D eigenvalue weighted by Gasteiger charge is 2.36. The Labute approximate surface area is 214 Å². The van der Waals surface area contributed by atoms with Crippen molar-refractivity contribution in [2.45, 2.75) is 51.4 Å². The average molecular weight is 485 g/mol. The van der Waals surface area contributed by atoms with Gasteiger partial charge >= 0.3 is 0 Å². The number of hydrogen-bond acceptors (Lipinski definition) is 4. The zero-order chi connectivity index (χ0) is 26.0. The van der Waals surface area contributed by atoms with Crippen molar-refractivity contribution in [3.63, 3.8) is 0 Å². The minimum Gasteiger partial charge on any atom is -0.508 e. The van der Waals surface area contributed by atoms with Gasteiger partial charge in [0.1, 0.15) is 23.0 Å². The van der Waals surface area contributed by atoms with Crippen molar-refractivity contribution in [3.8, 4) is 23.0 Å². The fraction of sp³-hybridized carbons (Fsp3) is 0.250. The standard InChI is InChI=1S/C20H24O2.2C6H6O/c1-14-12-16(6-8-18(14)21)20(10-4-3-5-11-20)17-7-9-19(22)15(2)13-17;2*7-6-4-2-1-3-5-6/h6-9,12-13,21-22H,3-5,10-11H2,1-2H3;2*1-5,7H. The Morgan fingerprint density at radius 3 is 1.19 bits per heavy atom. The van der Waals surface area contributed by atoms with Gasteiger partial charge < -0.3 is 20.4 Å². The summed E-state index contributed by atoms with van der Waals surface area (Å²) in [5.74, 6) is 1.36. The molecule has 4 nitrogen and oxygen atoms in total.